The predicted molar refractivity (Wildman–Crippen MR) is 104 cm³/mol. The van der Waals surface area contributed by atoms with E-state index in [9.17, 15) is 26.7 Å². The highest BCUT2D eigenvalue weighted by atomic mass is 32.2. The molecule has 2 atom stereocenters. The number of alkyl halides is 3. The van der Waals surface area contributed by atoms with Gasteiger partial charge in [0.15, 0.2) is 11.1 Å². The van der Waals surface area contributed by atoms with E-state index in [4.69, 9.17) is 4.74 Å². The van der Waals surface area contributed by atoms with Gasteiger partial charge in [0.1, 0.15) is 11.2 Å². The number of benzene rings is 1. The van der Waals surface area contributed by atoms with Crippen LogP contribution >= 0.6 is 0 Å². The van der Waals surface area contributed by atoms with E-state index in [0.29, 0.717) is 37.6 Å². The number of pyridine rings is 1. The van der Waals surface area contributed by atoms with Gasteiger partial charge in [0, 0.05) is 32.4 Å². The van der Waals surface area contributed by atoms with Crippen LogP contribution in [0.25, 0.3) is 0 Å². The number of ether oxygens (including phenoxy) is 1. The van der Waals surface area contributed by atoms with Crippen LogP contribution < -0.4 is 4.90 Å². The number of methoxy groups -OCH3 is 1. The average molecular weight is 443 g/mol. The van der Waals surface area contributed by atoms with Gasteiger partial charge in [-0.15, -0.1) is 0 Å². The predicted octanol–water partition coefficient (Wildman–Crippen LogP) is 2.93. The highest BCUT2D eigenvalue weighted by Crippen LogP contribution is 2.31. The van der Waals surface area contributed by atoms with Crippen molar-refractivity contribution in [2.45, 2.75) is 11.6 Å². The van der Waals surface area contributed by atoms with Crippen molar-refractivity contribution in [3.05, 3.63) is 59.3 Å². The lowest BCUT2D eigenvalue weighted by atomic mass is 10.1. The molecule has 2 heterocycles. The number of hydrogen-bond acceptors (Lipinski definition) is 6. The summed E-state index contributed by atoms with van der Waals surface area (Å²) in [5.41, 5.74) is -0.231. The van der Waals surface area contributed by atoms with E-state index in [2.05, 4.69) is 4.98 Å². The SMILES string of the molecule is COC(=O)c1ccccc1C(N1CCN(c2ccc(C(F)(F)F)cn2)CC1)S(=O)O. The van der Waals surface area contributed by atoms with E-state index >= 15 is 0 Å². The normalized spacial score (nSPS) is 17.4. The number of nitrogens with zero attached hydrogens (tertiary/aromatic N) is 3. The van der Waals surface area contributed by atoms with Crippen molar-refractivity contribution >= 4 is 22.9 Å². The van der Waals surface area contributed by atoms with Gasteiger partial charge < -0.3 is 14.2 Å². The fourth-order valence-corrected chi connectivity index (χ4v) is 4.26. The Labute approximate surface area is 173 Å². The zero-order valence-corrected chi connectivity index (χ0v) is 16.8. The summed E-state index contributed by atoms with van der Waals surface area (Å²) in [5, 5.41) is -0.942. The number of halogens is 3. The molecule has 1 saturated heterocycles. The smallest absolute Gasteiger partial charge is 0.417 e. The third-order valence-electron chi connectivity index (χ3n) is 4.87. The van der Waals surface area contributed by atoms with E-state index in [1.54, 1.807) is 28.0 Å². The fourth-order valence-electron chi connectivity index (χ4n) is 3.37. The van der Waals surface area contributed by atoms with Gasteiger partial charge in [-0.3, -0.25) is 4.90 Å². The van der Waals surface area contributed by atoms with Crippen LogP contribution in [0.2, 0.25) is 0 Å². The first kappa shape index (κ1) is 22.2. The third-order valence-corrected chi connectivity index (χ3v) is 5.80. The Bertz CT molecular complexity index is 916. The molecule has 0 saturated carbocycles. The summed E-state index contributed by atoms with van der Waals surface area (Å²) in [6.45, 7) is 1.50. The van der Waals surface area contributed by atoms with E-state index in [1.807, 2.05) is 0 Å². The first-order valence-electron chi connectivity index (χ1n) is 9.01. The van der Waals surface area contributed by atoms with Crippen LogP contribution in [0.4, 0.5) is 19.0 Å². The topological polar surface area (TPSA) is 83.0 Å². The molecule has 1 aliphatic rings. The number of hydrogen-bond donors (Lipinski definition) is 1. The average Bonchev–Trinajstić information content (AvgIpc) is 2.73. The molecular weight excluding hydrogens is 423 g/mol. The molecule has 0 aliphatic carbocycles. The zero-order valence-electron chi connectivity index (χ0n) is 16.0. The minimum atomic E-state index is -4.45. The quantitative estimate of drug-likeness (QED) is 0.562. The van der Waals surface area contributed by atoms with Crippen LogP contribution in [0.3, 0.4) is 0 Å². The van der Waals surface area contributed by atoms with Gasteiger partial charge in [-0.2, -0.15) is 13.2 Å². The number of anilines is 1. The summed E-state index contributed by atoms with van der Waals surface area (Å²) in [5.74, 6) is -0.201. The molecule has 162 valence electrons. The van der Waals surface area contributed by atoms with E-state index in [-0.39, 0.29) is 5.56 Å². The number of piperazine rings is 1. The van der Waals surface area contributed by atoms with Crippen LogP contribution in [-0.4, -0.2) is 57.9 Å². The second kappa shape index (κ2) is 9.11. The minimum absolute atomic E-state index is 0.208. The lowest BCUT2D eigenvalue weighted by Crippen LogP contribution is -2.49. The van der Waals surface area contributed by atoms with Crippen molar-refractivity contribution in [2.24, 2.45) is 0 Å². The molecule has 0 bridgehead atoms. The molecule has 3 rings (SSSR count). The standard InChI is InChI=1S/C19H20F3N3O4S/c1-29-18(26)15-5-3-2-4-14(15)17(30(27)28)25-10-8-24(9-11-25)16-7-6-13(12-23-16)19(20,21)22/h2-7,12,17H,8-11H2,1H3,(H,27,28). The minimum Gasteiger partial charge on any atom is -0.465 e. The molecule has 1 aromatic heterocycles. The molecule has 0 spiro atoms. The number of carbonyl (C=O) groups excluding carboxylic acids is 1. The highest BCUT2D eigenvalue weighted by molar-refractivity contribution is 7.79. The lowest BCUT2D eigenvalue weighted by Gasteiger charge is -2.38. The summed E-state index contributed by atoms with van der Waals surface area (Å²) in [4.78, 5) is 19.5. The van der Waals surface area contributed by atoms with Crippen molar-refractivity contribution < 1.29 is 31.5 Å². The van der Waals surface area contributed by atoms with Gasteiger partial charge in [0.05, 0.1) is 18.2 Å². The Morgan fingerprint density at radius 1 is 1.17 bits per heavy atom. The molecular formula is C19H20F3N3O4S. The summed E-state index contributed by atoms with van der Waals surface area (Å²) in [6, 6.07) is 8.74. The van der Waals surface area contributed by atoms with Crippen LogP contribution in [0, 0.1) is 0 Å². The maximum absolute atomic E-state index is 12.7. The van der Waals surface area contributed by atoms with E-state index in [1.165, 1.54) is 19.2 Å². The number of rotatable bonds is 5. The Hall–Kier alpha value is -2.50. The van der Waals surface area contributed by atoms with Crippen LogP contribution in [-0.2, 0) is 22.0 Å². The van der Waals surface area contributed by atoms with Gasteiger partial charge in [-0.25, -0.2) is 14.0 Å². The Morgan fingerprint density at radius 2 is 1.83 bits per heavy atom. The molecule has 1 aromatic carbocycles. The maximum Gasteiger partial charge on any atom is 0.417 e. The van der Waals surface area contributed by atoms with Gasteiger partial charge >= 0.3 is 12.1 Å². The van der Waals surface area contributed by atoms with Crippen molar-refractivity contribution in [3.63, 3.8) is 0 Å². The second-order valence-electron chi connectivity index (χ2n) is 6.63. The molecule has 0 radical (unpaired) electrons. The van der Waals surface area contributed by atoms with Crippen molar-refractivity contribution in [3.8, 4) is 0 Å². The van der Waals surface area contributed by atoms with Crippen molar-refractivity contribution in [2.75, 3.05) is 38.2 Å². The number of esters is 1. The van der Waals surface area contributed by atoms with Gasteiger partial charge in [0.25, 0.3) is 0 Å². The Morgan fingerprint density at radius 3 is 2.37 bits per heavy atom. The summed E-state index contributed by atoms with van der Waals surface area (Å²) in [6.07, 6.45) is -3.66. The van der Waals surface area contributed by atoms with Crippen molar-refractivity contribution in [1.29, 1.82) is 0 Å². The summed E-state index contributed by atoms with van der Waals surface area (Å²) < 4.78 is 65.0. The van der Waals surface area contributed by atoms with Crippen LogP contribution in [0.5, 0.6) is 0 Å². The Balaban J connectivity index is 1.76. The Kier molecular flexibility index (Phi) is 6.74. The van der Waals surface area contributed by atoms with E-state index in [0.717, 1.165) is 12.3 Å². The number of aromatic nitrogens is 1. The third kappa shape index (κ3) is 4.79. The van der Waals surface area contributed by atoms with Crippen LogP contribution in [0.15, 0.2) is 42.6 Å². The molecule has 1 fully saturated rings. The van der Waals surface area contributed by atoms with Gasteiger partial charge in [-0.1, -0.05) is 18.2 Å². The number of carbonyl (C=O) groups is 1. The molecule has 1 N–H and O–H groups in total. The molecule has 7 nitrogen and oxygen atoms in total. The zero-order chi connectivity index (χ0) is 21.9. The van der Waals surface area contributed by atoms with Gasteiger partial charge in [-0.05, 0) is 23.8 Å². The summed E-state index contributed by atoms with van der Waals surface area (Å²) in [7, 11) is 1.24. The maximum atomic E-state index is 12.7. The largest absolute Gasteiger partial charge is 0.465 e. The monoisotopic (exact) mass is 443 g/mol. The molecule has 2 unspecified atom stereocenters. The fraction of sp³-hybridized carbons (Fsp3) is 0.368. The molecule has 2 aromatic rings. The van der Waals surface area contributed by atoms with Crippen LogP contribution in [0.1, 0.15) is 26.9 Å². The van der Waals surface area contributed by atoms with Crippen molar-refractivity contribution in [1.82, 2.24) is 9.88 Å². The molecule has 11 heteroatoms. The van der Waals surface area contributed by atoms with Gasteiger partial charge in [0.2, 0.25) is 0 Å². The molecule has 1 aliphatic heterocycles. The second-order valence-corrected chi connectivity index (χ2v) is 7.63. The highest BCUT2D eigenvalue weighted by Gasteiger charge is 2.33. The first-order chi connectivity index (χ1) is 14.2. The van der Waals surface area contributed by atoms with E-state index < -0.39 is 34.2 Å². The molecule has 30 heavy (non-hydrogen) atoms. The molecule has 0 amide bonds. The lowest BCUT2D eigenvalue weighted by molar-refractivity contribution is -0.137. The summed E-state index contributed by atoms with van der Waals surface area (Å²) >= 11 is -2.29. The first-order valence-corrected chi connectivity index (χ1v) is 10.2.